The first-order valence-corrected chi connectivity index (χ1v) is 9.47. The van der Waals surface area contributed by atoms with E-state index in [1.165, 1.54) is 0 Å². The third-order valence-electron chi connectivity index (χ3n) is 4.43. The van der Waals surface area contributed by atoms with Crippen molar-refractivity contribution < 1.29 is 9.53 Å². The first-order valence-electron chi connectivity index (χ1n) is 8.59. The quantitative estimate of drug-likeness (QED) is 0.726. The number of ether oxygens (including phenoxy) is 1. The number of carbonyl (C=O) groups excluding carboxylic acids is 1. The second-order valence-electron chi connectivity index (χ2n) is 6.05. The Labute approximate surface area is 155 Å². The number of anilines is 1. The standard InChI is InChI=1S/C19H20N4O2S/c24-19(15-4-1-2-5-16(15)23-7-9-25-10-8-23)20-12-14-13-21-22-18(14)17-6-3-11-26-17/h1-6,11,13H,7-10,12H2,(H,20,24)(H,21,22). The number of thiophene rings is 1. The molecular formula is C19H20N4O2S. The Balaban J connectivity index is 1.49. The van der Waals surface area contributed by atoms with Gasteiger partial charge < -0.3 is 15.0 Å². The monoisotopic (exact) mass is 368 g/mol. The highest BCUT2D eigenvalue weighted by Gasteiger charge is 2.18. The van der Waals surface area contributed by atoms with E-state index >= 15 is 0 Å². The molecule has 2 aromatic heterocycles. The molecule has 1 fully saturated rings. The number of aromatic nitrogens is 2. The van der Waals surface area contributed by atoms with E-state index < -0.39 is 0 Å². The molecule has 0 radical (unpaired) electrons. The second-order valence-corrected chi connectivity index (χ2v) is 6.99. The van der Waals surface area contributed by atoms with Crippen molar-refractivity contribution in [3.63, 3.8) is 0 Å². The lowest BCUT2D eigenvalue weighted by atomic mass is 10.1. The van der Waals surface area contributed by atoms with Gasteiger partial charge in [0, 0.05) is 30.9 Å². The Morgan fingerprint density at radius 2 is 2.08 bits per heavy atom. The van der Waals surface area contributed by atoms with Crippen molar-refractivity contribution in [3.05, 3.63) is 59.1 Å². The van der Waals surface area contributed by atoms with Crippen LogP contribution in [-0.4, -0.2) is 42.4 Å². The highest BCUT2D eigenvalue weighted by atomic mass is 32.1. The third kappa shape index (κ3) is 3.49. The van der Waals surface area contributed by atoms with Crippen LogP contribution < -0.4 is 10.2 Å². The van der Waals surface area contributed by atoms with Crippen LogP contribution >= 0.6 is 11.3 Å². The zero-order valence-electron chi connectivity index (χ0n) is 14.3. The molecular weight excluding hydrogens is 348 g/mol. The largest absolute Gasteiger partial charge is 0.378 e. The van der Waals surface area contributed by atoms with Crippen LogP contribution in [0, 0.1) is 0 Å². The summed E-state index contributed by atoms with van der Waals surface area (Å²) in [5.41, 5.74) is 3.58. The zero-order valence-corrected chi connectivity index (χ0v) is 15.1. The number of nitrogens with zero attached hydrogens (tertiary/aromatic N) is 2. The predicted molar refractivity (Wildman–Crippen MR) is 103 cm³/mol. The SMILES string of the molecule is O=C(NCc1cn[nH]c1-c1cccs1)c1ccccc1N1CCOCC1. The number of benzene rings is 1. The summed E-state index contributed by atoms with van der Waals surface area (Å²) in [4.78, 5) is 16.1. The molecule has 1 saturated heterocycles. The van der Waals surface area contributed by atoms with Crippen LogP contribution in [0.1, 0.15) is 15.9 Å². The summed E-state index contributed by atoms with van der Waals surface area (Å²) >= 11 is 1.64. The Bertz CT molecular complexity index is 869. The number of morpholine rings is 1. The number of carbonyl (C=O) groups is 1. The molecule has 3 aromatic rings. The minimum Gasteiger partial charge on any atom is -0.378 e. The van der Waals surface area contributed by atoms with Crippen LogP contribution in [0.4, 0.5) is 5.69 Å². The molecule has 0 saturated carbocycles. The number of aromatic amines is 1. The minimum atomic E-state index is -0.0783. The van der Waals surface area contributed by atoms with E-state index in [-0.39, 0.29) is 5.91 Å². The van der Waals surface area contributed by atoms with Crippen molar-refractivity contribution in [2.75, 3.05) is 31.2 Å². The normalized spacial score (nSPS) is 14.4. The topological polar surface area (TPSA) is 70.2 Å². The molecule has 0 aliphatic carbocycles. The van der Waals surface area contributed by atoms with Gasteiger partial charge in [-0.3, -0.25) is 9.89 Å². The number of hydrogen-bond acceptors (Lipinski definition) is 5. The number of hydrogen-bond donors (Lipinski definition) is 2. The van der Waals surface area contributed by atoms with Crippen molar-refractivity contribution in [2.24, 2.45) is 0 Å². The molecule has 4 rings (SSSR count). The van der Waals surface area contributed by atoms with Gasteiger partial charge in [-0.25, -0.2) is 0 Å². The second kappa shape index (κ2) is 7.72. The molecule has 0 unspecified atom stereocenters. The van der Waals surface area contributed by atoms with E-state index in [4.69, 9.17) is 4.74 Å². The molecule has 26 heavy (non-hydrogen) atoms. The molecule has 3 heterocycles. The van der Waals surface area contributed by atoms with Gasteiger partial charge in [-0.1, -0.05) is 18.2 Å². The smallest absolute Gasteiger partial charge is 0.253 e. The van der Waals surface area contributed by atoms with Crippen LogP contribution in [0.3, 0.4) is 0 Å². The summed E-state index contributed by atoms with van der Waals surface area (Å²) in [5, 5.41) is 12.2. The zero-order chi connectivity index (χ0) is 17.8. The van der Waals surface area contributed by atoms with Gasteiger partial charge in [0.05, 0.1) is 35.5 Å². The van der Waals surface area contributed by atoms with Crippen LogP contribution in [0.2, 0.25) is 0 Å². The van der Waals surface area contributed by atoms with E-state index in [1.54, 1.807) is 17.5 Å². The van der Waals surface area contributed by atoms with Crippen LogP contribution in [0.5, 0.6) is 0 Å². The Hall–Kier alpha value is -2.64. The van der Waals surface area contributed by atoms with Gasteiger partial charge in [0.2, 0.25) is 0 Å². The number of para-hydroxylation sites is 1. The minimum absolute atomic E-state index is 0.0783. The van der Waals surface area contributed by atoms with E-state index in [1.807, 2.05) is 41.8 Å². The lowest BCUT2D eigenvalue weighted by Crippen LogP contribution is -2.37. The molecule has 1 aliphatic heterocycles. The van der Waals surface area contributed by atoms with Crippen molar-refractivity contribution in [1.82, 2.24) is 15.5 Å². The summed E-state index contributed by atoms with van der Waals surface area (Å²) in [6.07, 6.45) is 1.77. The summed E-state index contributed by atoms with van der Waals surface area (Å²) < 4.78 is 5.41. The summed E-state index contributed by atoms with van der Waals surface area (Å²) in [6.45, 7) is 3.41. The predicted octanol–water partition coefficient (Wildman–Crippen LogP) is 2.90. The maximum atomic E-state index is 12.8. The Morgan fingerprint density at radius 3 is 2.88 bits per heavy atom. The van der Waals surface area contributed by atoms with E-state index in [0.29, 0.717) is 25.3 Å². The maximum absolute atomic E-state index is 12.8. The van der Waals surface area contributed by atoms with Gasteiger partial charge in [-0.15, -0.1) is 11.3 Å². The number of nitrogens with one attached hydrogen (secondary N) is 2. The highest BCUT2D eigenvalue weighted by Crippen LogP contribution is 2.26. The summed E-state index contributed by atoms with van der Waals surface area (Å²) in [7, 11) is 0. The number of H-pyrrole nitrogens is 1. The molecule has 1 aliphatic rings. The molecule has 0 bridgehead atoms. The van der Waals surface area contributed by atoms with E-state index in [9.17, 15) is 4.79 Å². The van der Waals surface area contributed by atoms with Crippen molar-refractivity contribution in [2.45, 2.75) is 6.54 Å². The Morgan fingerprint density at radius 1 is 1.23 bits per heavy atom. The van der Waals surface area contributed by atoms with Gasteiger partial charge in [0.25, 0.3) is 5.91 Å². The fourth-order valence-electron chi connectivity index (χ4n) is 3.10. The van der Waals surface area contributed by atoms with Crippen molar-refractivity contribution in [1.29, 1.82) is 0 Å². The third-order valence-corrected chi connectivity index (χ3v) is 5.31. The maximum Gasteiger partial charge on any atom is 0.253 e. The van der Waals surface area contributed by atoms with Crippen LogP contribution in [0.15, 0.2) is 48.0 Å². The molecule has 2 N–H and O–H groups in total. The molecule has 7 heteroatoms. The Kier molecular flexibility index (Phi) is 4.99. The van der Waals surface area contributed by atoms with Gasteiger partial charge in [-0.05, 0) is 23.6 Å². The first kappa shape index (κ1) is 16.8. The van der Waals surface area contributed by atoms with Crippen molar-refractivity contribution >= 4 is 22.9 Å². The number of amides is 1. The van der Waals surface area contributed by atoms with E-state index in [0.717, 1.165) is 34.9 Å². The first-order chi connectivity index (χ1) is 12.8. The summed E-state index contributed by atoms with van der Waals surface area (Å²) in [6, 6.07) is 11.8. The molecule has 6 nitrogen and oxygen atoms in total. The average Bonchev–Trinajstić information content (AvgIpc) is 3.38. The van der Waals surface area contributed by atoms with Crippen LogP contribution in [0.25, 0.3) is 10.6 Å². The fourth-order valence-corrected chi connectivity index (χ4v) is 3.85. The van der Waals surface area contributed by atoms with Crippen LogP contribution in [-0.2, 0) is 11.3 Å². The van der Waals surface area contributed by atoms with Gasteiger partial charge in [-0.2, -0.15) is 5.10 Å². The van der Waals surface area contributed by atoms with E-state index in [2.05, 4.69) is 20.4 Å². The summed E-state index contributed by atoms with van der Waals surface area (Å²) in [5.74, 6) is -0.0783. The number of rotatable bonds is 5. The molecule has 1 amide bonds. The molecule has 0 spiro atoms. The van der Waals surface area contributed by atoms with Gasteiger partial charge in [0.15, 0.2) is 0 Å². The highest BCUT2D eigenvalue weighted by molar-refractivity contribution is 7.13. The molecule has 1 aromatic carbocycles. The lowest BCUT2D eigenvalue weighted by Gasteiger charge is -2.30. The van der Waals surface area contributed by atoms with Gasteiger partial charge >= 0.3 is 0 Å². The van der Waals surface area contributed by atoms with Crippen molar-refractivity contribution in [3.8, 4) is 10.6 Å². The fraction of sp³-hybridized carbons (Fsp3) is 0.263. The average molecular weight is 368 g/mol. The lowest BCUT2D eigenvalue weighted by molar-refractivity contribution is 0.0949. The molecule has 0 atom stereocenters. The molecule has 134 valence electrons. The van der Waals surface area contributed by atoms with Gasteiger partial charge in [0.1, 0.15) is 0 Å².